The van der Waals surface area contributed by atoms with Crippen molar-refractivity contribution < 1.29 is 32.3 Å². The third-order valence-electron chi connectivity index (χ3n) is 5.05. The Morgan fingerprint density at radius 3 is 2.41 bits per heavy atom. The van der Waals surface area contributed by atoms with Gasteiger partial charge in [0.2, 0.25) is 10.0 Å². The lowest BCUT2D eigenvalue weighted by Crippen LogP contribution is -2.44. The molecule has 1 aromatic carbocycles. The van der Waals surface area contributed by atoms with E-state index in [4.69, 9.17) is 9.47 Å². The van der Waals surface area contributed by atoms with Gasteiger partial charge in [-0.05, 0) is 78.5 Å². The molecule has 2 atom stereocenters. The van der Waals surface area contributed by atoms with Gasteiger partial charge in [-0.25, -0.2) is 22.8 Å². The Labute approximate surface area is 201 Å². The summed E-state index contributed by atoms with van der Waals surface area (Å²) in [6.45, 7) is 8.04. The lowest BCUT2D eigenvalue weighted by molar-refractivity contribution is -0.162. The van der Waals surface area contributed by atoms with E-state index in [9.17, 15) is 22.8 Å². The summed E-state index contributed by atoms with van der Waals surface area (Å²) < 4.78 is 38.2. The SMILES string of the molecule is Cc1ccc(S(=O)(=O)N[C@H](CCCCNC(=O)OC(C)(C)C)C(=O)OC(=O)[C@@H]2CCCN2)cc1. The van der Waals surface area contributed by atoms with Crippen LogP contribution in [-0.4, -0.2) is 57.2 Å². The summed E-state index contributed by atoms with van der Waals surface area (Å²) >= 11 is 0. The second kappa shape index (κ2) is 12.3. The fourth-order valence-electron chi connectivity index (χ4n) is 3.30. The minimum Gasteiger partial charge on any atom is -0.444 e. The fraction of sp³-hybridized carbons (Fsp3) is 0.609. The van der Waals surface area contributed by atoms with E-state index >= 15 is 0 Å². The number of hydrogen-bond donors (Lipinski definition) is 3. The van der Waals surface area contributed by atoms with Crippen molar-refractivity contribution in [3.8, 4) is 0 Å². The Kier molecular flexibility index (Phi) is 10.0. The average Bonchev–Trinajstić information content (AvgIpc) is 3.26. The van der Waals surface area contributed by atoms with Crippen LogP contribution in [0.15, 0.2) is 29.2 Å². The van der Waals surface area contributed by atoms with Crippen molar-refractivity contribution in [2.24, 2.45) is 0 Å². The van der Waals surface area contributed by atoms with Gasteiger partial charge in [0.1, 0.15) is 17.7 Å². The van der Waals surface area contributed by atoms with E-state index < -0.39 is 45.7 Å². The molecular weight excluding hydrogens is 462 g/mol. The van der Waals surface area contributed by atoms with Gasteiger partial charge in [0.15, 0.2) is 0 Å². The second-order valence-corrected chi connectivity index (χ2v) is 11.0. The van der Waals surface area contributed by atoms with E-state index in [1.165, 1.54) is 12.1 Å². The molecule has 1 aromatic rings. The number of unbranched alkanes of at least 4 members (excludes halogenated alkanes) is 1. The Morgan fingerprint density at radius 1 is 1.15 bits per heavy atom. The minimum atomic E-state index is -4.02. The number of rotatable bonds is 10. The first kappa shape index (κ1) is 27.7. The molecule has 11 heteroatoms. The number of aryl methyl sites for hydroxylation is 1. The van der Waals surface area contributed by atoms with Gasteiger partial charge in [0, 0.05) is 6.54 Å². The van der Waals surface area contributed by atoms with Crippen molar-refractivity contribution in [2.45, 2.75) is 82.4 Å². The van der Waals surface area contributed by atoms with Crippen LogP contribution < -0.4 is 15.4 Å². The van der Waals surface area contributed by atoms with Crippen LogP contribution in [0.25, 0.3) is 0 Å². The van der Waals surface area contributed by atoms with Gasteiger partial charge in [-0.15, -0.1) is 0 Å². The highest BCUT2D eigenvalue weighted by Crippen LogP contribution is 2.14. The molecule has 1 amide bonds. The van der Waals surface area contributed by atoms with Crippen molar-refractivity contribution in [2.75, 3.05) is 13.1 Å². The number of benzene rings is 1. The molecule has 0 unspecified atom stereocenters. The maximum atomic E-state index is 12.8. The molecule has 1 fully saturated rings. The summed E-state index contributed by atoms with van der Waals surface area (Å²) in [5.74, 6) is -1.66. The number of sulfonamides is 1. The van der Waals surface area contributed by atoms with Gasteiger partial charge in [-0.3, -0.25) is 0 Å². The smallest absolute Gasteiger partial charge is 0.407 e. The predicted octanol–water partition coefficient (Wildman–Crippen LogP) is 2.16. The summed E-state index contributed by atoms with van der Waals surface area (Å²) in [7, 11) is -4.02. The average molecular weight is 498 g/mol. The molecule has 10 nitrogen and oxygen atoms in total. The molecule has 1 saturated heterocycles. The first-order valence-corrected chi connectivity index (χ1v) is 12.9. The molecule has 0 aromatic heterocycles. The van der Waals surface area contributed by atoms with Gasteiger partial charge in [0.05, 0.1) is 4.90 Å². The first-order valence-electron chi connectivity index (χ1n) is 11.4. The van der Waals surface area contributed by atoms with Crippen molar-refractivity contribution in [1.29, 1.82) is 0 Å². The molecule has 0 bridgehead atoms. The maximum absolute atomic E-state index is 12.8. The van der Waals surface area contributed by atoms with Crippen LogP contribution in [0.4, 0.5) is 4.79 Å². The lowest BCUT2D eigenvalue weighted by Gasteiger charge is -2.20. The number of carbonyl (C=O) groups is 3. The predicted molar refractivity (Wildman–Crippen MR) is 125 cm³/mol. The van der Waals surface area contributed by atoms with Gasteiger partial charge in [-0.1, -0.05) is 17.7 Å². The molecule has 1 aliphatic heterocycles. The van der Waals surface area contributed by atoms with Crippen molar-refractivity contribution in [3.05, 3.63) is 29.8 Å². The minimum absolute atomic E-state index is 0.00581. The monoisotopic (exact) mass is 497 g/mol. The number of hydrogen-bond acceptors (Lipinski definition) is 8. The Hall–Kier alpha value is -2.50. The highest BCUT2D eigenvalue weighted by atomic mass is 32.2. The number of nitrogens with one attached hydrogen (secondary N) is 3. The van der Waals surface area contributed by atoms with Crippen molar-refractivity contribution in [1.82, 2.24) is 15.4 Å². The molecule has 1 heterocycles. The van der Waals surface area contributed by atoms with Gasteiger partial charge < -0.3 is 20.1 Å². The summed E-state index contributed by atoms with van der Waals surface area (Å²) in [4.78, 5) is 36.7. The molecule has 0 radical (unpaired) electrons. The van der Waals surface area contributed by atoms with Crippen LogP contribution in [0.2, 0.25) is 0 Å². The van der Waals surface area contributed by atoms with Crippen molar-refractivity contribution in [3.63, 3.8) is 0 Å². The van der Waals surface area contributed by atoms with Crippen LogP contribution in [0.1, 0.15) is 58.4 Å². The summed E-state index contributed by atoms with van der Waals surface area (Å²) in [5, 5.41) is 5.56. The highest BCUT2D eigenvalue weighted by Gasteiger charge is 2.31. The number of amides is 1. The first-order chi connectivity index (χ1) is 15.9. The standard InChI is InChI=1S/C23H35N3O7S/c1-16-10-12-17(13-11-16)34(30,31)26-19(21(28)32-20(27)18-9-7-15-24-18)8-5-6-14-25-22(29)33-23(2,3)4/h10-13,18-19,24,26H,5-9,14-15H2,1-4H3,(H,25,29)/t18-,19+/m0/s1. The zero-order valence-electron chi connectivity index (χ0n) is 20.2. The van der Waals surface area contributed by atoms with Crippen LogP contribution >= 0.6 is 0 Å². The number of carbonyl (C=O) groups excluding carboxylic acids is 3. The van der Waals surface area contributed by atoms with Gasteiger partial charge >= 0.3 is 18.0 Å². The maximum Gasteiger partial charge on any atom is 0.407 e. The van der Waals surface area contributed by atoms with E-state index in [0.29, 0.717) is 25.8 Å². The van der Waals surface area contributed by atoms with E-state index in [-0.39, 0.29) is 17.9 Å². The van der Waals surface area contributed by atoms with E-state index in [0.717, 1.165) is 12.0 Å². The quantitative estimate of drug-likeness (QED) is 0.254. The summed E-state index contributed by atoms with van der Waals surface area (Å²) in [5.41, 5.74) is 0.274. The zero-order valence-corrected chi connectivity index (χ0v) is 21.0. The normalized spacial score (nSPS) is 17.1. The van der Waals surface area contributed by atoms with Crippen LogP contribution in [-0.2, 0) is 29.1 Å². The molecule has 0 saturated carbocycles. The Morgan fingerprint density at radius 2 is 1.82 bits per heavy atom. The molecule has 190 valence electrons. The Bertz CT molecular complexity index is 950. The second-order valence-electron chi connectivity index (χ2n) is 9.30. The molecule has 2 rings (SSSR count). The van der Waals surface area contributed by atoms with Crippen LogP contribution in [0, 0.1) is 6.92 Å². The zero-order chi connectivity index (χ0) is 25.4. The number of esters is 2. The highest BCUT2D eigenvalue weighted by molar-refractivity contribution is 7.89. The van der Waals surface area contributed by atoms with Crippen LogP contribution in [0.3, 0.4) is 0 Å². The molecular formula is C23H35N3O7S. The largest absolute Gasteiger partial charge is 0.444 e. The van der Waals surface area contributed by atoms with Crippen LogP contribution in [0.5, 0.6) is 0 Å². The fourth-order valence-corrected chi connectivity index (χ4v) is 4.52. The van der Waals surface area contributed by atoms with E-state index in [1.54, 1.807) is 32.9 Å². The van der Waals surface area contributed by atoms with E-state index in [2.05, 4.69) is 15.4 Å². The molecule has 1 aliphatic rings. The molecule has 34 heavy (non-hydrogen) atoms. The van der Waals surface area contributed by atoms with E-state index in [1.807, 2.05) is 6.92 Å². The Balaban J connectivity index is 1.98. The molecule has 0 spiro atoms. The third kappa shape index (κ3) is 9.40. The molecule has 0 aliphatic carbocycles. The van der Waals surface area contributed by atoms with Gasteiger partial charge in [-0.2, -0.15) is 4.72 Å². The molecule has 3 N–H and O–H groups in total. The summed E-state index contributed by atoms with van der Waals surface area (Å²) in [6.07, 6.45) is 1.74. The third-order valence-corrected chi connectivity index (χ3v) is 6.53. The summed E-state index contributed by atoms with van der Waals surface area (Å²) in [6, 6.07) is 4.37. The van der Waals surface area contributed by atoms with Gasteiger partial charge in [0.25, 0.3) is 0 Å². The number of ether oxygens (including phenoxy) is 2. The lowest BCUT2D eigenvalue weighted by atomic mass is 10.1. The van der Waals surface area contributed by atoms with Crippen molar-refractivity contribution >= 4 is 28.1 Å². The topological polar surface area (TPSA) is 140 Å². The number of alkyl carbamates (subject to hydrolysis) is 1.